The van der Waals surface area contributed by atoms with Gasteiger partial charge in [0.05, 0.1) is 0 Å². The Morgan fingerprint density at radius 2 is 1.04 bits per heavy atom. The molecule has 0 amide bonds. The molecule has 2 nitrogen and oxygen atoms in total. The van der Waals surface area contributed by atoms with Crippen LogP contribution in [0.4, 0.5) is 0 Å². The van der Waals surface area contributed by atoms with Gasteiger partial charge in [0, 0.05) is 24.2 Å². The maximum absolute atomic E-state index is 3.97. The van der Waals surface area contributed by atoms with Gasteiger partial charge in [0.2, 0.25) is 0 Å². The summed E-state index contributed by atoms with van der Waals surface area (Å²) in [5, 5.41) is 7.59. The van der Waals surface area contributed by atoms with Gasteiger partial charge in [-0.15, -0.1) is 13.2 Å². The van der Waals surface area contributed by atoms with E-state index in [0.29, 0.717) is 0 Å². The molecule has 2 heteroatoms. The third-order valence-electron chi connectivity index (χ3n) is 4.85. The third kappa shape index (κ3) is 5.98. The fraction of sp³-hybridized carbons (Fsp3) is 0.333. The Kier molecular flexibility index (Phi) is 8.33. The summed E-state index contributed by atoms with van der Waals surface area (Å²) in [5.41, 5.74) is 2.60. The molecule has 0 saturated carbocycles. The molecule has 0 aliphatic rings. The minimum absolute atomic E-state index is 0.280. The Morgan fingerprint density at radius 1 is 0.692 bits per heavy atom. The average Bonchev–Trinajstić information content (AvgIpc) is 2.68. The van der Waals surface area contributed by atoms with E-state index in [1.54, 1.807) is 0 Å². The summed E-state index contributed by atoms with van der Waals surface area (Å²) in [5.74, 6) is 0. The molecule has 4 unspecified atom stereocenters. The lowest BCUT2D eigenvalue weighted by Gasteiger charge is -2.33. The van der Waals surface area contributed by atoms with Gasteiger partial charge in [0.1, 0.15) is 0 Å². The second kappa shape index (κ2) is 10.7. The van der Waals surface area contributed by atoms with E-state index in [2.05, 4.69) is 98.3 Å². The van der Waals surface area contributed by atoms with E-state index in [1.165, 1.54) is 11.1 Å². The van der Waals surface area contributed by atoms with Gasteiger partial charge in [-0.05, 0) is 37.8 Å². The van der Waals surface area contributed by atoms with Crippen molar-refractivity contribution in [3.05, 3.63) is 97.1 Å². The van der Waals surface area contributed by atoms with Crippen LogP contribution in [0, 0.1) is 0 Å². The van der Waals surface area contributed by atoms with Crippen LogP contribution in [0.25, 0.3) is 0 Å². The van der Waals surface area contributed by atoms with Gasteiger partial charge < -0.3 is 10.6 Å². The number of rotatable bonds is 11. The summed E-state index contributed by atoms with van der Waals surface area (Å²) >= 11 is 0. The van der Waals surface area contributed by atoms with Gasteiger partial charge >= 0.3 is 0 Å². The Morgan fingerprint density at radius 3 is 1.35 bits per heavy atom. The van der Waals surface area contributed by atoms with Gasteiger partial charge in [0.25, 0.3) is 0 Å². The number of hydrogen-bond acceptors (Lipinski definition) is 2. The van der Waals surface area contributed by atoms with E-state index in [4.69, 9.17) is 0 Å². The minimum Gasteiger partial charge on any atom is -0.306 e. The topological polar surface area (TPSA) is 24.1 Å². The summed E-state index contributed by atoms with van der Waals surface area (Å²) in [6, 6.07) is 22.3. The molecular weight excluding hydrogens is 316 g/mol. The highest BCUT2D eigenvalue weighted by molar-refractivity contribution is 5.20. The molecule has 0 radical (unpaired) electrons. The predicted octanol–water partition coefficient (Wildman–Crippen LogP) is 5.58. The van der Waals surface area contributed by atoms with Gasteiger partial charge in [-0.2, -0.15) is 0 Å². The van der Waals surface area contributed by atoms with Crippen molar-refractivity contribution in [1.82, 2.24) is 10.6 Å². The Bertz CT molecular complexity index is 591. The normalized spacial score (nSPS) is 15.6. The molecule has 2 aromatic rings. The highest BCUT2D eigenvalue weighted by atomic mass is 15.0. The zero-order valence-electron chi connectivity index (χ0n) is 16.1. The summed E-state index contributed by atoms with van der Waals surface area (Å²) in [6.45, 7) is 12.4. The van der Waals surface area contributed by atoms with Crippen LogP contribution in [0.5, 0.6) is 0 Å². The fourth-order valence-corrected chi connectivity index (χ4v) is 3.37. The fourth-order valence-electron chi connectivity index (χ4n) is 3.37. The van der Waals surface area contributed by atoms with Crippen LogP contribution in [0.2, 0.25) is 0 Å². The highest BCUT2D eigenvalue weighted by Crippen LogP contribution is 2.19. The van der Waals surface area contributed by atoms with Crippen LogP contribution in [0.1, 0.15) is 49.9 Å². The molecule has 0 fully saturated rings. The first-order valence-electron chi connectivity index (χ1n) is 9.49. The molecule has 0 bridgehead atoms. The van der Waals surface area contributed by atoms with E-state index in [1.807, 2.05) is 12.2 Å². The van der Waals surface area contributed by atoms with E-state index in [0.717, 1.165) is 12.8 Å². The van der Waals surface area contributed by atoms with Gasteiger partial charge in [-0.3, -0.25) is 0 Å². The first kappa shape index (κ1) is 20.2. The summed E-state index contributed by atoms with van der Waals surface area (Å²) in [7, 11) is 0. The molecule has 0 aliphatic carbocycles. The SMILES string of the molecule is C=CCC(NC(C)c1ccccc1)C(CC=C)NC(C)c1ccccc1. The zero-order chi connectivity index (χ0) is 18.8. The Hall–Kier alpha value is -2.16. The molecule has 26 heavy (non-hydrogen) atoms. The van der Waals surface area contributed by atoms with Gasteiger partial charge in [0.15, 0.2) is 0 Å². The molecular formula is C24H32N2. The van der Waals surface area contributed by atoms with Crippen molar-refractivity contribution in [2.45, 2.75) is 50.9 Å². The molecule has 0 saturated heterocycles. The average molecular weight is 349 g/mol. The minimum atomic E-state index is 0.280. The molecule has 2 aromatic carbocycles. The molecule has 2 N–H and O–H groups in total. The molecule has 4 atom stereocenters. The molecule has 2 rings (SSSR count). The molecule has 0 aromatic heterocycles. The monoisotopic (exact) mass is 348 g/mol. The van der Waals surface area contributed by atoms with Crippen molar-refractivity contribution in [1.29, 1.82) is 0 Å². The predicted molar refractivity (Wildman–Crippen MR) is 113 cm³/mol. The van der Waals surface area contributed by atoms with Gasteiger partial charge in [-0.1, -0.05) is 72.8 Å². The van der Waals surface area contributed by atoms with Crippen LogP contribution in [-0.4, -0.2) is 12.1 Å². The number of hydrogen-bond donors (Lipinski definition) is 2. The number of benzene rings is 2. The molecule has 138 valence electrons. The quantitative estimate of drug-likeness (QED) is 0.518. The van der Waals surface area contributed by atoms with Crippen molar-refractivity contribution in [2.24, 2.45) is 0 Å². The maximum Gasteiger partial charge on any atom is 0.0295 e. The summed E-state index contributed by atoms with van der Waals surface area (Å²) in [4.78, 5) is 0. The van der Waals surface area contributed by atoms with E-state index in [-0.39, 0.29) is 24.2 Å². The first-order valence-corrected chi connectivity index (χ1v) is 9.49. The van der Waals surface area contributed by atoms with Crippen molar-refractivity contribution in [3.8, 4) is 0 Å². The van der Waals surface area contributed by atoms with Crippen LogP contribution < -0.4 is 10.6 Å². The van der Waals surface area contributed by atoms with Crippen molar-refractivity contribution in [3.63, 3.8) is 0 Å². The lowest BCUT2D eigenvalue weighted by atomic mass is 9.97. The van der Waals surface area contributed by atoms with E-state index in [9.17, 15) is 0 Å². The van der Waals surface area contributed by atoms with Crippen LogP contribution >= 0.6 is 0 Å². The second-order valence-electron chi connectivity index (χ2n) is 6.86. The third-order valence-corrected chi connectivity index (χ3v) is 4.85. The molecule has 0 aliphatic heterocycles. The van der Waals surface area contributed by atoms with Crippen LogP contribution in [0.15, 0.2) is 86.0 Å². The Labute approximate surface area is 159 Å². The highest BCUT2D eigenvalue weighted by Gasteiger charge is 2.23. The van der Waals surface area contributed by atoms with Crippen LogP contribution in [-0.2, 0) is 0 Å². The van der Waals surface area contributed by atoms with Crippen molar-refractivity contribution < 1.29 is 0 Å². The van der Waals surface area contributed by atoms with Crippen molar-refractivity contribution in [2.75, 3.05) is 0 Å². The Balaban J connectivity index is 2.11. The second-order valence-corrected chi connectivity index (χ2v) is 6.86. The van der Waals surface area contributed by atoms with Crippen molar-refractivity contribution >= 4 is 0 Å². The molecule has 0 heterocycles. The lowest BCUT2D eigenvalue weighted by molar-refractivity contribution is 0.324. The maximum atomic E-state index is 3.97. The zero-order valence-corrected chi connectivity index (χ0v) is 16.1. The van der Waals surface area contributed by atoms with Crippen LogP contribution in [0.3, 0.4) is 0 Å². The lowest BCUT2D eigenvalue weighted by Crippen LogP contribution is -2.49. The standard InChI is InChI=1S/C24H32N2/c1-5-13-23(25-19(3)21-15-9-7-10-16-21)24(14-6-2)26-20(4)22-17-11-8-12-18-22/h5-12,15-20,23-26H,1-2,13-14H2,3-4H3. The van der Waals surface area contributed by atoms with Gasteiger partial charge in [-0.25, -0.2) is 0 Å². The van der Waals surface area contributed by atoms with E-state index < -0.39 is 0 Å². The molecule has 0 spiro atoms. The summed E-state index contributed by atoms with van der Waals surface area (Å²) < 4.78 is 0. The number of nitrogens with one attached hydrogen (secondary N) is 2. The first-order chi connectivity index (χ1) is 12.7. The van der Waals surface area contributed by atoms with E-state index >= 15 is 0 Å². The smallest absolute Gasteiger partial charge is 0.0295 e. The summed E-state index contributed by atoms with van der Waals surface area (Å²) in [6.07, 6.45) is 5.81. The largest absolute Gasteiger partial charge is 0.306 e.